The molecule has 0 aliphatic carbocycles. The number of halogens is 1. The predicted molar refractivity (Wildman–Crippen MR) is 90.5 cm³/mol. The van der Waals surface area contributed by atoms with E-state index in [1.807, 2.05) is 13.1 Å². The summed E-state index contributed by atoms with van der Waals surface area (Å²) in [7, 11) is 2.11. The highest BCUT2D eigenvalue weighted by Crippen LogP contribution is 2.30. The molecule has 2 aromatic heterocycles. The van der Waals surface area contributed by atoms with Crippen molar-refractivity contribution in [2.24, 2.45) is 0 Å². The van der Waals surface area contributed by atoms with Gasteiger partial charge in [-0.05, 0) is 33.4 Å². The maximum absolute atomic E-state index is 12.1. The van der Waals surface area contributed by atoms with Crippen LogP contribution in [0.3, 0.4) is 0 Å². The fraction of sp³-hybridized carbons (Fsp3) is 0.500. The van der Waals surface area contributed by atoms with Crippen LogP contribution >= 0.6 is 11.6 Å². The number of likely N-dealkylation sites (tertiary alicyclic amines) is 1. The Morgan fingerprint density at radius 3 is 2.96 bits per heavy atom. The van der Waals surface area contributed by atoms with E-state index in [1.165, 1.54) is 10.9 Å². The zero-order valence-corrected chi connectivity index (χ0v) is 14.6. The Kier molecular flexibility index (Phi) is 5.11. The molecule has 0 spiro atoms. The van der Waals surface area contributed by atoms with Crippen molar-refractivity contribution in [3.63, 3.8) is 0 Å². The maximum atomic E-state index is 12.1. The van der Waals surface area contributed by atoms with Crippen molar-refractivity contribution in [3.05, 3.63) is 40.7 Å². The number of aromatic nitrogens is 4. The molecule has 0 bridgehead atoms. The maximum Gasteiger partial charge on any atom is 0.242 e. The van der Waals surface area contributed by atoms with Crippen LogP contribution in [-0.2, 0) is 17.9 Å². The molecule has 1 amide bonds. The fourth-order valence-electron chi connectivity index (χ4n) is 3.01. The third kappa shape index (κ3) is 3.91. The lowest BCUT2D eigenvalue weighted by atomic mass is 10.1. The average Bonchev–Trinajstić information content (AvgIpc) is 3.14. The van der Waals surface area contributed by atoms with Crippen molar-refractivity contribution >= 4 is 17.5 Å². The molecule has 3 rings (SSSR count). The first kappa shape index (κ1) is 16.9. The highest BCUT2D eigenvalue weighted by molar-refractivity contribution is 6.30. The van der Waals surface area contributed by atoms with E-state index in [4.69, 9.17) is 11.6 Å². The van der Waals surface area contributed by atoms with E-state index < -0.39 is 0 Å². The van der Waals surface area contributed by atoms with Crippen LogP contribution in [0.25, 0.3) is 0 Å². The summed E-state index contributed by atoms with van der Waals surface area (Å²) in [5, 5.41) is 7.43. The molecule has 1 saturated heterocycles. The van der Waals surface area contributed by atoms with Gasteiger partial charge in [-0.1, -0.05) is 11.6 Å². The number of nitrogens with one attached hydrogen (secondary N) is 1. The summed E-state index contributed by atoms with van der Waals surface area (Å²) >= 11 is 5.80. The van der Waals surface area contributed by atoms with Crippen molar-refractivity contribution in [1.82, 2.24) is 30.0 Å². The van der Waals surface area contributed by atoms with Crippen LogP contribution in [0.15, 0.2) is 18.6 Å². The number of hydrogen-bond donors (Lipinski definition) is 1. The first-order valence-electron chi connectivity index (χ1n) is 8.00. The monoisotopic (exact) mass is 348 g/mol. The summed E-state index contributed by atoms with van der Waals surface area (Å²) in [6.07, 6.45) is 7.19. The van der Waals surface area contributed by atoms with Crippen LogP contribution < -0.4 is 5.32 Å². The largest absolute Gasteiger partial charge is 0.350 e. The zero-order chi connectivity index (χ0) is 17.1. The second-order valence-electron chi connectivity index (χ2n) is 6.10. The van der Waals surface area contributed by atoms with Gasteiger partial charge in [-0.2, -0.15) is 5.10 Å². The first-order valence-corrected chi connectivity index (χ1v) is 8.38. The van der Waals surface area contributed by atoms with E-state index in [0.29, 0.717) is 17.6 Å². The quantitative estimate of drug-likeness (QED) is 0.890. The van der Waals surface area contributed by atoms with E-state index in [-0.39, 0.29) is 12.5 Å². The molecular weight excluding hydrogens is 328 g/mol. The van der Waals surface area contributed by atoms with Crippen molar-refractivity contribution in [1.29, 1.82) is 0 Å². The molecule has 3 heterocycles. The van der Waals surface area contributed by atoms with Gasteiger partial charge in [-0.15, -0.1) is 0 Å². The second-order valence-corrected chi connectivity index (χ2v) is 6.54. The molecule has 0 saturated carbocycles. The lowest BCUT2D eigenvalue weighted by Crippen LogP contribution is -2.29. The van der Waals surface area contributed by atoms with Gasteiger partial charge in [0.2, 0.25) is 5.91 Å². The van der Waals surface area contributed by atoms with Gasteiger partial charge in [0.05, 0.1) is 23.0 Å². The SMILES string of the molecule is Cc1ncc(CNC(=O)Cn2cc(Cl)cn2)c(C2CCCN2C)n1. The molecule has 128 valence electrons. The first-order chi connectivity index (χ1) is 11.5. The van der Waals surface area contributed by atoms with Gasteiger partial charge < -0.3 is 5.32 Å². The number of carbonyl (C=O) groups is 1. The van der Waals surface area contributed by atoms with E-state index in [9.17, 15) is 4.79 Å². The highest BCUT2D eigenvalue weighted by atomic mass is 35.5. The van der Waals surface area contributed by atoms with E-state index >= 15 is 0 Å². The molecule has 8 heteroatoms. The highest BCUT2D eigenvalue weighted by Gasteiger charge is 2.26. The third-order valence-corrected chi connectivity index (χ3v) is 4.43. The van der Waals surface area contributed by atoms with Gasteiger partial charge in [0.1, 0.15) is 12.4 Å². The van der Waals surface area contributed by atoms with Crippen molar-refractivity contribution in [2.45, 2.75) is 38.9 Å². The molecule has 0 radical (unpaired) electrons. The Labute approximate surface area is 146 Å². The Morgan fingerprint density at radius 2 is 2.29 bits per heavy atom. The van der Waals surface area contributed by atoms with Crippen LogP contribution in [-0.4, -0.2) is 44.1 Å². The Bertz CT molecular complexity index is 731. The smallest absolute Gasteiger partial charge is 0.242 e. The van der Waals surface area contributed by atoms with Gasteiger partial charge in [0.15, 0.2) is 0 Å². The van der Waals surface area contributed by atoms with Crippen molar-refractivity contribution < 1.29 is 4.79 Å². The van der Waals surface area contributed by atoms with E-state index in [0.717, 1.165) is 36.5 Å². The minimum Gasteiger partial charge on any atom is -0.350 e. The molecule has 1 atom stereocenters. The minimum absolute atomic E-state index is 0.124. The lowest BCUT2D eigenvalue weighted by Gasteiger charge is -2.21. The van der Waals surface area contributed by atoms with Gasteiger partial charge in [0, 0.05) is 24.5 Å². The van der Waals surface area contributed by atoms with Gasteiger partial charge in [-0.3, -0.25) is 14.4 Å². The molecule has 1 unspecified atom stereocenters. The topological polar surface area (TPSA) is 75.9 Å². The number of nitrogens with zero attached hydrogens (tertiary/aromatic N) is 5. The third-order valence-electron chi connectivity index (χ3n) is 4.24. The van der Waals surface area contributed by atoms with Gasteiger partial charge in [-0.25, -0.2) is 9.97 Å². The standard InChI is InChI=1S/C16H21ClN6O/c1-11-18-6-12(16(21-11)14-4-3-5-22(14)2)7-19-15(24)10-23-9-13(17)8-20-23/h6,8-9,14H,3-5,7,10H2,1-2H3,(H,19,24). The average molecular weight is 349 g/mol. The summed E-state index contributed by atoms with van der Waals surface area (Å²) in [4.78, 5) is 23.3. The number of rotatable bonds is 5. The number of carbonyl (C=O) groups excluding carboxylic acids is 1. The van der Waals surface area contributed by atoms with Crippen molar-refractivity contribution in [2.75, 3.05) is 13.6 Å². The summed E-state index contributed by atoms with van der Waals surface area (Å²) in [6.45, 7) is 3.51. The summed E-state index contributed by atoms with van der Waals surface area (Å²) < 4.78 is 1.51. The van der Waals surface area contributed by atoms with Crippen LogP contribution in [0.5, 0.6) is 0 Å². The summed E-state index contributed by atoms with van der Waals surface area (Å²) in [6, 6.07) is 0.295. The molecule has 7 nitrogen and oxygen atoms in total. The second kappa shape index (κ2) is 7.27. The van der Waals surface area contributed by atoms with E-state index in [1.54, 1.807) is 6.20 Å². The normalized spacial score (nSPS) is 18.0. The van der Waals surface area contributed by atoms with Crippen molar-refractivity contribution in [3.8, 4) is 0 Å². The Balaban J connectivity index is 1.67. The molecule has 0 aromatic carbocycles. The van der Waals surface area contributed by atoms with Crippen LogP contribution in [0.1, 0.15) is 36.0 Å². The van der Waals surface area contributed by atoms with Crippen LogP contribution in [0, 0.1) is 6.92 Å². The number of aryl methyl sites for hydroxylation is 1. The number of amides is 1. The Morgan fingerprint density at radius 1 is 1.46 bits per heavy atom. The zero-order valence-electron chi connectivity index (χ0n) is 13.9. The Hall–Kier alpha value is -1.99. The fourth-order valence-corrected chi connectivity index (χ4v) is 3.17. The summed E-state index contributed by atoms with van der Waals surface area (Å²) in [5.74, 6) is 0.632. The molecular formula is C16H21ClN6O. The molecule has 1 aliphatic rings. The molecule has 1 aliphatic heterocycles. The van der Waals surface area contributed by atoms with E-state index in [2.05, 4.69) is 32.3 Å². The van der Waals surface area contributed by atoms with Crippen LogP contribution in [0.4, 0.5) is 0 Å². The van der Waals surface area contributed by atoms with Gasteiger partial charge in [0.25, 0.3) is 0 Å². The molecule has 1 N–H and O–H groups in total. The van der Waals surface area contributed by atoms with Crippen LogP contribution in [0.2, 0.25) is 5.02 Å². The minimum atomic E-state index is -0.124. The molecule has 1 fully saturated rings. The number of hydrogen-bond acceptors (Lipinski definition) is 5. The summed E-state index contributed by atoms with van der Waals surface area (Å²) in [5.41, 5.74) is 1.98. The van der Waals surface area contributed by atoms with Gasteiger partial charge >= 0.3 is 0 Å². The molecule has 2 aromatic rings. The molecule has 24 heavy (non-hydrogen) atoms. The lowest BCUT2D eigenvalue weighted by molar-refractivity contribution is -0.122. The predicted octanol–water partition coefficient (Wildman–Crippen LogP) is 1.72.